The molecule has 0 aromatic carbocycles. The summed E-state index contributed by atoms with van der Waals surface area (Å²) in [5, 5.41) is 55.5. The molecule has 10 nitrogen and oxygen atoms in total. The van der Waals surface area contributed by atoms with E-state index < -0.39 is 18.5 Å². The predicted octanol–water partition coefficient (Wildman–Crippen LogP) is 21.6. The van der Waals surface area contributed by atoms with Crippen LogP contribution < -0.4 is 0 Å². The van der Waals surface area contributed by atoms with Crippen LogP contribution in [0.1, 0.15) is 374 Å². The molecule has 1 saturated heterocycles. The fourth-order valence-corrected chi connectivity index (χ4v) is 15.9. The van der Waals surface area contributed by atoms with E-state index in [4.69, 9.17) is 4.74 Å². The van der Waals surface area contributed by atoms with Gasteiger partial charge in [0.05, 0.1) is 31.0 Å². The van der Waals surface area contributed by atoms with Crippen LogP contribution in [-0.4, -0.2) is 172 Å². The average molecular weight is 1370 g/mol. The molecule has 0 radical (unpaired) electrons. The van der Waals surface area contributed by atoms with Crippen LogP contribution in [0.3, 0.4) is 0 Å². The van der Waals surface area contributed by atoms with Crippen LogP contribution in [0.25, 0.3) is 0 Å². The molecule has 5 unspecified atom stereocenters. The Morgan fingerprint density at radius 2 is 0.585 bits per heavy atom. The molecular weight excluding hydrogens is 1200 g/mol. The van der Waals surface area contributed by atoms with E-state index in [1.807, 2.05) is 21.6 Å². The molecule has 1 aliphatic rings. The number of ether oxygens (including phenoxy) is 1. The Labute approximate surface area is 594 Å². The van der Waals surface area contributed by atoms with Gasteiger partial charge in [0.1, 0.15) is 0 Å². The Balaban J connectivity index is 2.38. The number of rotatable bonds is 77. The van der Waals surface area contributed by atoms with E-state index in [0.717, 1.165) is 141 Å². The molecule has 5 atom stereocenters. The molecular formula is C82H164N4O6S2. The van der Waals surface area contributed by atoms with Gasteiger partial charge in [-0.05, 0) is 135 Å². The molecule has 94 heavy (non-hydrogen) atoms. The summed E-state index contributed by atoms with van der Waals surface area (Å²) >= 11 is 0. The van der Waals surface area contributed by atoms with Gasteiger partial charge < -0.3 is 35.2 Å². The van der Waals surface area contributed by atoms with Gasteiger partial charge in [-0.3, -0.25) is 14.7 Å². The van der Waals surface area contributed by atoms with Crippen molar-refractivity contribution >= 4 is 21.6 Å². The molecule has 0 spiro atoms. The highest BCUT2D eigenvalue weighted by atomic mass is 33.1. The minimum Gasteiger partial charge on any atom is -0.392 e. The monoisotopic (exact) mass is 1370 g/mol. The fourth-order valence-electron chi connectivity index (χ4n) is 13.6. The molecule has 0 saturated carbocycles. The number of aliphatic hydroxyl groups excluding tert-OH is 5. The predicted molar refractivity (Wildman–Crippen MR) is 417 cm³/mol. The molecule has 1 rings (SSSR count). The van der Waals surface area contributed by atoms with Crippen LogP contribution in [0.15, 0.2) is 24.3 Å². The SMILES string of the molecule is CCCCCCCC/C=C\CCCCCCC(O)CN(CCCC(O)OCCN1CCN(CCCCSSCCCCN(CC(O)CCCCCCCCCCCC)CC(O)CCCCCCCCCCCC)CC1)CC(O)CCCCCC/C=C\CCCCCCCC. The quantitative estimate of drug-likeness (QED) is 0.0172. The Morgan fingerprint density at radius 1 is 0.309 bits per heavy atom. The van der Waals surface area contributed by atoms with E-state index in [-0.39, 0.29) is 12.2 Å². The lowest BCUT2D eigenvalue weighted by Gasteiger charge is -2.34. The van der Waals surface area contributed by atoms with E-state index in [1.54, 1.807) is 0 Å². The topological polar surface area (TPSA) is 123 Å². The molecule has 560 valence electrons. The smallest absolute Gasteiger partial charge is 0.154 e. The van der Waals surface area contributed by atoms with Gasteiger partial charge in [0.2, 0.25) is 0 Å². The second kappa shape index (κ2) is 74.0. The van der Waals surface area contributed by atoms with Crippen molar-refractivity contribution in [3.63, 3.8) is 0 Å². The molecule has 1 heterocycles. The summed E-state index contributed by atoms with van der Waals surface area (Å²) in [5.74, 6) is 2.36. The van der Waals surface area contributed by atoms with Crippen molar-refractivity contribution < 1.29 is 30.3 Å². The number of allylic oxidation sites excluding steroid dienone is 4. The van der Waals surface area contributed by atoms with Crippen molar-refractivity contribution in [3.05, 3.63) is 24.3 Å². The van der Waals surface area contributed by atoms with Crippen LogP contribution in [0.2, 0.25) is 0 Å². The maximum absolute atomic E-state index is 11.2. The Morgan fingerprint density at radius 3 is 0.915 bits per heavy atom. The van der Waals surface area contributed by atoms with Crippen LogP contribution >= 0.6 is 21.6 Å². The number of aliphatic hydroxyl groups is 5. The van der Waals surface area contributed by atoms with Crippen LogP contribution in [0, 0.1) is 0 Å². The van der Waals surface area contributed by atoms with Gasteiger partial charge in [-0.25, -0.2) is 0 Å². The molecule has 0 aliphatic carbocycles. The molecule has 12 heteroatoms. The molecule has 0 bridgehead atoms. The maximum atomic E-state index is 11.2. The summed E-state index contributed by atoms with van der Waals surface area (Å²) in [4.78, 5) is 9.73. The molecule has 5 N–H and O–H groups in total. The highest BCUT2D eigenvalue weighted by Gasteiger charge is 2.20. The summed E-state index contributed by atoms with van der Waals surface area (Å²) in [5.41, 5.74) is 0. The summed E-state index contributed by atoms with van der Waals surface area (Å²) in [6, 6.07) is 0. The minimum absolute atomic E-state index is 0.300. The molecule has 1 aliphatic heterocycles. The first-order valence-corrected chi connectivity index (χ1v) is 44.1. The fraction of sp³-hybridized carbons (Fsp3) is 0.951. The van der Waals surface area contributed by atoms with Crippen LogP contribution in [-0.2, 0) is 4.74 Å². The lowest BCUT2D eigenvalue weighted by atomic mass is 10.0. The molecule has 0 aromatic rings. The van der Waals surface area contributed by atoms with Crippen molar-refractivity contribution in [2.75, 3.05) is 96.6 Å². The zero-order valence-electron chi connectivity index (χ0n) is 63.2. The van der Waals surface area contributed by atoms with Gasteiger partial charge in [-0.15, -0.1) is 0 Å². The van der Waals surface area contributed by atoms with E-state index in [1.165, 1.54) is 263 Å². The Hall–Kier alpha value is -0.220. The highest BCUT2D eigenvalue weighted by Crippen LogP contribution is 2.25. The number of nitrogens with zero attached hydrogens (tertiary/aromatic N) is 4. The largest absolute Gasteiger partial charge is 0.392 e. The van der Waals surface area contributed by atoms with E-state index in [0.29, 0.717) is 39.2 Å². The van der Waals surface area contributed by atoms with Crippen molar-refractivity contribution in [3.8, 4) is 0 Å². The van der Waals surface area contributed by atoms with Crippen LogP contribution in [0.5, 0.6) is 0 Å². The summed E-state index contributed by atoms with van der Waals surface area (Å²) in [6.07, 6.45) is 73.5. The first-order chi connectivity index (χ1) is 46.2. The summed E-state index contributed by atoms with van der Waals surface area (Å²) in [6.45, 7) is 20.2. The number of hydrogen-bond donors (Lipinski definition) is 5. The van der Waals surface area contributed by atoms with Gasteiger partial charge >= 0.3 is 0 Å². The zero-order valence-corrected chi connectivity index (χ0v) is 64.9. The molecule has 0 amide bonds. The van der Waals surface area contributed by atoms with Gasteiger partial charge in [0.15, 0.2) is 6.29 Å². The van der Waals surface area contributed by atoms with Crippen molar-refractivity contribution in [2.24, 2.45) is 0 Å². The highest BCUT2D eigenvalue weighted by molar-refractivity contribution is 8.76. The van der Waals surface area contributed by atoms with E-state index >= 15 is 0 Å². The Kier molecular flexibility index (Phi) is 72.2. The number of piperazine rings is 1. The second-order valence-corrected chi connectivity index (χ2v) is 32.0. The summed E-state index contributed by atoms with van der Waals surface area (Å²) in [7, 11) is 4.06. The third kappa shape index (κ3) is 66.3. The lowest BCUT2D eigenvalue weighted by molar-refractivity contribution is -0.109. The minimum atomic E-state index is -0.794. The van der Waals surface area contributed by atoms with Gasteiger partial charge in [-0.2, -0.15) is 0 Å². The van der Waals surface area contributed by atoms with E-state index in [2.05, 4.69) is 71.6 Å². The van der Waals surface area contributed by atoms with Gasteiger partial charge in [0.25, 0.3) is 0 Å². The van der Waals surface area contributed by atoms with Gasteiger partial charge in [0, 0.05) is 70.4 Å². The summed E-state index contributed by atoms with van der Waals surface area (Å²) < 4.78 is 5.97. The number of unbranched alkanes of at least 4 members (excludes halogenated alkanes) is 40. The average Bonchev–Trinajstić information content (AvgIpc) is 1.46. The van der Waals surface area contributed by atoms with Crippen LogP contribution in [0.4, 0.5) is 0 Å². The third-order valence-corrected chi connectivity index (χ3v) is 22.4. The maximum Gasteiger partial charge on any atom is 0.154 e. The molecule has 1 fully saturated rings. The van der Waals surface area contributed by atoms with Crippen molar-refractivity contribution in [1.82, 2.24) is 19.6 Å². The first-order valence-electron chi connectivity index (χ1n) is 41.7. The second-order valence-electron chi connectivity index (χ2n) is 29.3. The lowest BCUT2D eigenvalue weighted by Crippen LogP contribution is -2.47. The first kappa shape index (κ1) is 91.8. The Bertz CT molecular complexity index is 1450. The van der Waals surface area contributed by atoms with E-state index in [9.17, 15) is 25.5 Å². The van der Waals surface area contributed by atoms with Crippen molar-refractivity contribution in [1.29, 1.82) is 0 Å². The zero-order chi connectivity index (χ0) is 67.9. The third-order valence-electron chi connectivity index (χ3n) is 19.9. The van der Waals surface area contributed by atoms with Crippen molar-refractivity contribution in [2.45, 2.75) is 405 Å². The molecule has 0 aromatic heterocycles. The normalized spacial score (nSPS) is 15.3. The number of hydrogen-bond acceptors (Lipinski definition) is 12. The standard InChI is InChI=1S/C82H164N4O6S2/c1-5-9-13-17-21-25-29-31-33-35-39-43-47-51-60-80(89)76-86(77-81(90)61-52-48-44-40-36-34-32-30-26-22-18-14-10-6-2)65-57-62-82(91)92-71-70-84-68-66-83(67-69-84)63-53-55-72-93-94-73-56-54-64-85(74-78(87)58-49-45-41-37-27-23-19-15-11-7-3)75-79(88)59-50-46-42-38-28-24-20-16-12-8-4/h31-34,78-82,87-91H,5-30,35-77H2,1-4H3/b33-31-,34-32-. The van der Waals surface area contributed by atoms with Gasteiger partial charge in [-0.1, -0.05) is 305 Å².